The second-order valence-electron chi connectivity index (χ2n) is 8.02. The number of pyridine rings is 1. The van der Waals surface area contributed by atoms with Crippen molar-refractivity contribution in [3.63, 3.8) is 0 Å². The van der Waals surface area contributed by atoms with Gasteiger partial charge < -0.3 is 14.2 Å². The number of carbonyl (C=O) groups excluding carboxylic acids is 1. The van der Waals surface area contributed by atoms with Crippen molar-refractivity contribution in [3.8, 4) is 0 Å². The largest absolute Gasteiger partial charge is 0.375 e. The molecule has 1 fully saturated rings. The van der Waals surface area contributed by atoms with E-state index in [9.17, 15) is 4.79 Å². The first-order valence-electron chi connectivity index (χ1n) is 10.8. The molecule has 3 heterocycles. The Kier molecular flexibility index (Phi) is 6.89. The Balaban J connectivity index is 1.40. The van der Waals surface area contributed by atoms with Gasteiger partial charge in [0.15, 0.2) is 5.82 Å². The highest BCUT2D eigenvalue weighted by Gasteiger charge is 2.27. The molecule has 8 heteroatoms. The van der Waals surface area contributed by atoms with E-state index in [-0.39, 0.29) is 11.9 Å². The predicted octanol–water partition coefficient (Wildman–Crippen LogP) is 2.82. The fourth-order valence-electron chi connectivity index (χ4n) is 4.36. The Morgan fingerprint density at radius 1 is 1.32 bits per heavy atom. The van der Waals surface area contributed by atoms with Gasteiger partial charge in [0, 0.05) is 57.7 Å². The van der Waals surface area contributed by atoms with Gasteiger partial charge in [0.1, 0.15) is 6.61 Å². The molecule has 3 aromatic rings. The SMILES string of the molecule is COCc1nc(CCN(C(C)=O)C2CCCN(Cc3cccc4cccnc34)C2)no1. The number of ether oxygens (including phenoxy) is 1. The van der Waals surface area contributed by atoms with Crippen molar-refractivity contribution in [2.45, 2.75) is 45.4 Å². The van der Waals surface area contributed by atoms with Crippen LogP contribution in [0.25, 0.3) is 10.9 Å². The Hall–Kier alpha value is -2.84. The number of benzene rings is 1. The zero-order chi connectivity index (χ0) is 21.6. The maximum Gasteiger partial charge on any atom is 0.252 e. The highest BCUT2D eigenvalue weighted by molar-refractivity contribution is 5.81. The molecule has 1 aliphatic rings. The molecule has 0 N–H and O–H groups in total. The number of para-hydroxylation sites is 1. The minimum Gasteiger partial charge on any atom is -0.375 e. The van der Waals surface area contributed by atoms with Crippen LogP contribution in [-0.4, -0.2) is 63.6 Å². The maximum atomic E-state index is 12.4. The average Bonchev–Trinajstić information content (AvgIpc) is 3.22. The van der Waals surface area contributed by atoms with Crippen LogP contribution in [0.1, 0.15) is 37.0 Å². The molecule has 0 saturated carbocycles. The van der Waals surface area contributed by atoms with Gasteiger partial charge in [-0.05, 0) is 31.0 Å². The molecule has 2 aromatic heterocycles. The Bertz CT molecular complexity index is 1020. The number of likely N-dealkylation sites (tertiary alicyclic amines) is 1. The van der Waals surface area contributed by atoms with E-state index in [1.54, 1.807) is 14.0 Å². The summed E-state index contributed by atoms with van der Waals surface area (Å²) in [5.41, 5.74) is 2.28. The van der Waals surface area contributed by atoms with Crippen LogP contribution in [0.15, 0.2) is 41.1 Å². The molecule has 0 spiro atoms. The molecule has 8 nitrogen and oxygen atoms in total. The third kappa shape index (κ3) is 5.26. The molecular formula is C23H29N5O3. The highest BCUT2D eigenvalue weighted by atomic mass is 16.5. The lowest BCUT2D eigenvalue weighted by Crippen LogP contribution is -2.50. The molecule has 1 saturated heterocycles. The number of piperidine rings is 1. The highest BCUT2D eigenvalue weighted by Crippen LogP contribution is 2.22. The van der Waals surface area contributed by atoms with Gasteiger partial charge in [0.25, 0.3) is 5.89 Å². The van der Waals surface area contributed by atoms with Crippen LogP contribution in [0.4, 0.5) is 0 Å². The number of methoxy groups -OCH3 is 1. The average molecular weight is 424 g/mol. The summed E-state index contributed by atoms with van der Waals surface area (Å²) in [6.07, 6.45) is 4.48. The zero-order valence-corrected chi connectivity index (χ0v) is 18.2. The number of fused-ring (bicyclic) bond motifs is 1. The summed E-state index contributed by atoms with van der Waals surface area (Å²) in [6.45, 7) is 5.22. The number of amides is 1. The lowest BCUT2D eigenvalue weighted by Gasteiger charge is -2.39. The summed E-state index contributed by atoms with van der Waals surface area (Å²) < 4.78 is 10.2. The molecule has 0 bridgehead atoms. The second-order valence-corrected chi connectivity index (χ2v) is 8.02. The van der Waals surface area contributed by atoms with E-state index in [4.69, 9.17) is 9.26 Å². The topological polar surface area (TPSA) is 84.6 Å². The van der Waals surface area contributed by atoms with Crippen molar-refractivity contribution in [2.24, 2.45) is 0 Å². The first-order chi connectivity index (χ1) is 15.1. The summed E-state index contributed by atoms with van der Waals surface area (Å²) >= 11 is 0. The normalized spacial score (nSPS) is 17.2. The van der Waals surface area contributed by atoms with Crippen molar-refractivity contribution < 1.29 is 14.1 Å². The molecule has 1 atom stereocenters. The maximum absolute atomic E-state index is 12.4. The third-order valence-corrected chi connectivity index (χ3v) is 5.79. The van der Waals surface area contributed by atoms with E-state index in [1.165, 1.54) is 5.56 Å². The van der Waals surface area contributed by atoms with Crippen LogP contribution < -0.4 is 0 Å². The Labute approximate surface area is 182 Å². The van der Waals surface area contributed by atoms with E-state index in [0.29, 0.717) is 31.3 Å². The zero-order valence-electron chi connectivity index (χ0n) is 18.2. The van der Waals surface area contributed by atoms with Crippen LogP contribution in [-0.2, 0) is 29.1 Å². The molecule has 1 aromatic carbocycles. The van der Waals surface area contributed by atoms with E-state index < -0.39 is 0 Å². The number of carbonyl (C=O) groups is 1. The van der Waals surface area contributed by atoms with Gasteiger partial charge in [-0.15, -0.1) is 0 Å². The minimum absolute atomic E-state index is 0.0827. The number of nitrogens with zero attached hydrogens (tertiary/aromatic N) is 5. The van der Waals surface area contributed by atoms with Gasteiger partial charge in [-0.25, -0.2) is 0 Å². The van der Waals surface area contributed by atoms with Crippen LogP contribution in [0, 0.1) is 0 Å². The van der Waals surface area contributed by atoms with Gasteiger partial charge >= 0.3 is 0 Å². The van der Waals surface area contributed by atoms with Crippen molar-refractivity contribution >= 4 is 16.8 Å². The molecule has 1 unspecified atom stereocenters. The first-order valence-corrected chi connectivity index (χ1v) is 10.8. The molecule has 4 rings (SSSR count). The van der Waals surface area contributed by atoms with Crippen molar-refractivity contribution in [2.75, 3.05) is 26.7 Å². The summed E-state index contributed by atoms with van der Waals surface area (Å²) in [5, 5.41) is 5.15. The standard InChI is InChI=1S/C23H29N5O3/c1-17(29)28(13-10-21-25-22(16-30-2)31-26-21)20-9-5-12-27(15-20)14-19-7-3-6-18-8-4-11-24-23(18)19/h3-4,6-8,11,20H,5,9-10,12-16H2,1-2H3. The lowest BCUT2D eigenvalue weighted by molar-refractivity contribution is -0.132. The summed E-state index contributed by atoms with van der Waals surface area (Å²) in [4.78, 5) is 25.7. The van der Waals surface area contributed by atoms with Crippen LogP contribution in [0.3, 0.4) is 0 Å². The fourth-order valence-corrected chi connectivity index (χ4v) is 4.36. The molecule has 1 aliphatic heterocycles. The van der Waals surface area contributed by atoms with E-state index in [2.05, 4.69) is 44.3 Å². The summed E-state index contributed by atoms with van der Waals surface area (Å²) in [6, 6.07) is 10.6. The first kappa shape index (κ1) is 21.4. The van der Waals surface area contributed by atoms with Gasteiger partial charge in [-0.3, -0.25) is 14.7 Å². The smallest absolute Gasteiger partial charge is 0.252 e. The van der Waals surface area contributed by atoms with Crippen molar-refractivity contribution in [1.29, 1.82) is 0 Å². The molecule has 31 heavy (non-hydrogen) atoms. The van der Waals surface area contributed by atoms with Crippen LogP contribution in [0.5, 0.6) is 0 Å². The molecular weight excluding hydrogens is 394 g/mol. The van der Waals surface area contributed by atoms with Crippen molar-refractivity contribution in [1.82, 2.24) is 24.9 Å². The Morgan fingerprint density at radius 2 is 2.19 bits per heavy atom. The summed E-state index contributed by atoms with van der Waals surface area (Å²) in [5.74, 6) is 1.14. The van der Waals surface area contributed by atoms with Crippen molar-refractivity contribution in [3.05, 3.63) is 53.8 Å². The van der Waals surface area contributed by atoms with Crippen LogP contribution in [0.2, 0.25) is 0 Å². The fraction of sp³-hybridized carbons (Fsp3) is 0.478. The predicted molar refractivity (Wildman–Crippen MR) is 116 cm³/mol. The van der Waals surface area contributed by atoms with E-state index >= 15 is 0 Å². The summed E-state index contributed by atoms with van der Waals surface area (Å²) in [7, 11) is 1.59. The third-order valence-electron chi connectivity index (χ3n) is 5.79. The monoisotopic (exact) mass is 423 g/mol. The van der Waals surface area contributed by atoms with E-state index in [1.807, 2.05) is 17.2 Å². The number of hydrogen-bond donors (Lipinski definition) is 0. The number of rotatable bonds is 8. The minimum atomic E-state index is 0.0827. The number of aromatic nitrogens is 3. The lowest BCUT2D eigenvalue weighted by atomic mass is 10.0. The quantitative estimate of drug-likeness (QED) is 0.551. The van der Waals surface area contributed by atoms with Gasteiger partial charge in [-0.1, -0.05) is 29.4 Å². The van der Waals surface area contributed by atoms with Crippen LogP contribution >= 0.6 is 0 Å². The molecule has 1 amide bonds. The van der Waals surface area contributed by atoms with E-state index in [0.717, 1.165) is 43.4 Å². The molecule has 0 aliphatic carbocycles. The number of hydrogen-bond acceptors (Lipinski definition) is 7. The van der Waals surface area contributed by atoms with Gasteiger partial charge in [-0.2, -0.15) is 4.98 Å². The second kappa shape index (κ2) is 9.98. The Morgan fingerprint density at radius 3 is 3.03 bits per heavy atom. The molecule has 164 valence electrons. The van der Waals surface area contributed by atoms with Gasteiger partial charge in [0.05, 0.1) is 5.52 Å². The van der Waals surface area contributed by atoms with Gasteiger partial charge in [0.2, 0.25) is 5.91 Å². The molecule has 0 radical (unpaired) electrons.